The van der Waals surface area contributed by atoms with E-state index in [0.717, 1.165) is 12.1 Å². The number of thiocarbonyl (C=S) groups is 1. The van der Waals surface area contributed by atoms with Crippen LogP contribution in [0.4, 0.5) is 15.8 Å². The molecule has 22 heavy (non-hydrogen) atoms. The van der Waals surface area contributed by atoms with Gasteiger partial charge in [0.1, 0.15) is 11.5 Å². The quantitative estimate of drug-likeness (QED) is 0.516. The van der Waals surface area contributed by atoms with Crippen LogP contribution in [0.2, 0.25) is 0 Å². The number of hydrogen-bond donors (Lipinski definition) is 2. The highest BCUT2D eigenvalue weighted by Gasteiger charge is 2.14. The molecule has 0 aromatic heterocycles. The van der Waals surface area contributed by atoms with Gasteiger partial charge in [-0.15, -0.1) is 0 Å². The van der Waals surface area contributed by atoms with Gasteiger partial charge in [0, 0.05) is 11.6 Å². The molecule has 0 fully saturated rings. The fraction of sp³-hybridized carbons (Fsp3) is 0. The normalized spacial score (nSPS) is 9.86. The van der Waals surface area contributed by atoms with Crippen LogP contribution in [0.3, 0.4) is 0 Å². The Morgan fingerprint density at radius 3 is 2.41 bits per heavy atom. The molecule has 0 saturated heterocycles. The Kier molecular flexibility index (Phi) is 4.74. The molecular weight excluding hydrogens is 309 g/mol. The number of hydrogen-bond acceptors (Lipinski definition) is 4. The van der Waals surface area contributed by atoms with Crippen molar-refractivity contribution in [2.75, 3.05) is 5.32 Å². The lowest BCUT2D eigenvalue weighted by Gasteiger charge is -2.09. The summed E-state index contributed by atoms with van der Waals surface area (Å²) < 4.78 is 12.8. The first kappa shape index (κ1) is 15.5. The summed E-state index contributed by atoms with van der Waals surface area (Å²) in [4.78, 5) is 22.2. The van der Waals surface area contributed by atoms with Crippen molar-refractivity contribution in [1.82, 2.24) is 5.32 Å². The molecule has 2 aromatic carbocycles. The van der Waals surface area contributed by atoms with Gasteiger partial charge in [-0.05, 0) is 42.5 Å². The number of carbonyl (C=O) groups is 1. The number of amides is 1. The molecule has 6 nitrogen and oxygen atoms in total. The van der Waals surface area contributed by atoms with Crippen LogP contribution in [-0.2, 0) is 0 Å². The molecule has 112 valence electrons. The summed E-state index contributed by atoms with van der Waals surface area (Å²) in [6.07, 6.45) is 0. The Morgan fingerprint density at radius 1 is 1.14 bits per heavy atom. The second kappa shape index (κ2) is 6.72. The largest absolute Gasteiger partial charge is 0.327 e. The highest BCUT2D eigenvalue weighted by Crippen LogP contribution is 2.22. The first-order valence-corrected chi connectivity index (χ1v) is 6.49. The van der Waals surface area contributed by atoms with Gasteiger partial charge < -0.3 is 5.32 Å². The molecule has 0 bridgehead atoms. The average Bonchev–Trinajstić information content (AvgIpc) is 2.48. The zero-order valence-corrected chi connectivity index (χ0v) is 11.9. The molecule has 0 aliphatic rings. The number of anilines is 1. The van der Waals surface area contributed by atoms with Gasteiger partial charge in [0.15, 0.2) is 5.11 Å². The highest BCUT2D eigenvalue weighted by molar-refractivity contribution is 7.80. The van der Waals surface area contributed by atoms with Crippen LogP contribution in [0.25, 0.3) is 0 Å². The molecule has 0 unspecified atom stereocenters. The van der Waals surface area contributed by atoms with Crippen LogP contribution < -0.4 is 10.6 Å². The summed E-state index contributed by atoms with van der Waals surface area (Å²) in [6.45, 7) is 0. The smallest absolute Gasteiger partial charge is 0.292 e. The Morgan fingerprint density at radius 2 is 1.77 bits per heavy atom. The van der Waals surface area contributed by atoms with Crippen molar-refractivity contribution in [2.45, 2.75) is 0 Å². The minimum absolute atomic E-state index is 0.0939. The van der Waals surface area contributed by atoms with Crippen molar-refractivity contribution in [3.8, 4) is 0 Å². The van der Waals surface area contributed by atoms with Gasteiger partial charge in [0.05, 0.1) is 4.92 Å². The Bertz CT molecular complexity index is 734. The second-order valence-corrected chi connectivity index (χ2v) is 4.60. The van der Waals surface area contributed by atoms with E-state index >= 15 is 0 Å². The van der Waals surface area contributed by atoms with E-state index in [1.165, 1.54) is 30.3 Å². The summed E-state index contributed by atoms with van der Waals surface area (Å²) >= 11 is 4.94. The Labute approximate surface area is 130 Å². The number of para-hydroxylation sites is 2. The van der Waals surface area contributed by atoms with E-state index in [4.69, 9.17) is 12.2 Å². The van der Waals surface area contributed by atoms with Gasteiger partial charge in [0.25, 0.3) is 11.6 Å². The van der Waals surface area contributed by atoms with Crippen LogP contribution >= 0.6 is 12.2 Å². The van der Waals surface area contributed by atoms with Crippen LogP contribution in [0.15, 0.2) is 48.5 Å². The zero-order valence-electron chi connectivity index (χ0n) is 11.1. The van der Waals surface area contributed by atoms with Gasteiger partial charge in [-0.2, -0.15) is 0 Å². The van der Waals surface area contributed by atoms with E-state index in [1.54, 1.807) is 6.07 Å². The standard InChI is InChI=1S/C14H10FN3O3S/c15-10-7-5-9(6-8-10)13(19)17-14(22)16-11-3-1-2-4-12(11)18(20)21/h1-8H,(H2,16,17,19,22). The molecule has 2 N–H and O–H groups in total. The summed E-state index contributed by atoms with van der Waals surface area (Å²) in [5.74, 6) is -1.01. The Balaban J connectivity index is 2.06. The molecule has 0 spiro atoms. The Hall–Kier alpha value is -2.87. The van der Waals surface area contributed by atoms with Crippen molar-refractivity contribution < 1.29 is 14.1 Å². The number of nitro groups is 1. The van der Waals surface area contributed by atoms with Crippen LogP contribution in [0.5, 0.6) is 0 Å². The SMILES string of the molecule is O=C(NC(=S)Nc1ccccc1[N+](=O)[O-])c1ccc(F)cc1. The number of nitrogens with zero attached hydrogens (tertiary/aromatic N) is 1. The molecule has 0 atom stereocenters. The van der Waals surface area contributed by atoms with Crippen molar-refractivity contribution in [3.63, 3.8) is 0 Å². The summed E-state index contributed by atoms with van der Waals surface area (Å²) in [6, 6.07) is 10.8. The highest BCUT2D eigenvalue weighted by atomic mass is 32.1. The molecule has 0 heterocycles. The van der Waals surface area contributed by atoms with E-state index in [9.17, 15) is 19.3 Å². The fourth-order valence-corrected chi connectivity index (χ4v) is 1.87. The maximum atomic E-state index is 12.8. The lowest BCUT2D eigenvalue weighted by Crippen LogP contribution is -2.34. The molecule has 8 heteroatoms. The number of nitrogens with one attached hydrogen (secondary N) is 2. The minimum Gasteiger partial charge on any atom is -0.327 e. The van der Waals surface area contributed by atoms with Crippen LogP contribution in [-0.4, -0.2) is 15.9 Å². The lowest BCUT2D eigenvalue weighted by molar-refractivity contribution is -0.383. The maximum absolute atomic E-state index is 12.8. The van der Waals surface area contributed by atoms with Gasteiger partial charge in [-0.3, -0.25) is 20.2 Å². The van der Waals surface area contributed by atoms with Crippen molar-refractivity contribution in [3.05, 3.63) is 70.0 Å². The molecule has 2 aromatic rings. The third-order valence-electron chi connectivity index (χ3n) is 2.68. The summed E-state index contributed by atoms with van der Waals surface area (Å²) in [5, 5.41) is 15.7. The van der Waals surface area contributed by atoms with Gasteiger partial charge in [-0.1, -0.05) is 12.1 Å². The number of carbonyl (C=O) groups excluding carboxylic acids is 1. The molecule has 0 aliphatic heterocycles. The van der Waals surface area contributed by atoms with E-state index < -0.39 is 16.6 Å². The zero-order chi connectivity index (χ0) is 16.1. The topological polar surface area (TPSA) is 84.3 Å². The molecule has 0 radical (unpaired) electrons. The summed E-state index contributed by atoms with van der Waals surface area (Å²) in [5.41, 5.74) is 0.214. The molecule has 0 saturated carbocycles. The van der Waals surface area contributed by atoms with E-state index in [2.05, 4.69) is 10.6 Å². The van der Waals surface area contributed by atoms with E-state index in [-0.39, 0.29) is 22.1 Å². The van der Waals surface area contributed by atoms with Gasteiger partial charge >= 0.3 is 0 Å². The fourth-order valence-electron chi connectivity index (χ4n) is 1.67. The maximum Gasteiger partial charge on any atom is 0.292 e. The van der Waals surface area contributed by atoms with Crippen LogP contribution in [0, 0.1) is 15.9 Å². The lowest BCUT2D eigenvalue weighted by atomic mass is 10.2. The van der Waals surface area contributed by atoms with Gasteiger partial charge in [0.2, 0.25) is 0 Å². The predicted octanol–water partition coefficient (Wildman–Crippen LogP) is 2.86. The first-order valence-electron chi connectivity index (χ1n) is 6.08. The van der Waals surface area contributed by atoms with E-state index in [0.29, 0.717) is 0 Å². The first-order chi connectivity index (χ1) is 10.5. The summed E-state index contributed by atoms with van der Waals surface area (Å²) in [7, 11) is 0. The third-order valence-corrected chi connectivity index (χ3v) is 2.89. The molecule has 0 aliphatic carbocycles. The number of halogens is 1. The van der Waals surface area contributed by atoms with E-state index in [1.807, 2.05) is 0 Å². The monoisotopic (exact) mass is 319 g/mol. The number of nitro benzene ring substituents is 1. The van der Waals surface area contributed by atoms with Crippen molar-refractivity contribution in [2.24, 2.45) is 0 Å². The minimum atomic E-state index is -0.563. The van der Waals surface area contributed by atoms with Gasteiger partial charge in [-0.25, -0.2) is 4.39 Å². The third kappa shape index (κ3) is 3.83. The van der Waals surface area contributed by atoms with Crippen LogP contribution in [0.1, 0.15) is 10.4 Å². The average molecular weight is 319 g/mol. The van der Waals surface area contributed by atoms with Crippen molar-refractivity contribution >= 4 is 34.6 Å². The predicted molar refractivity (Wildman–Crippen MR) is 83.2 cm³/mol. The number of rotatable bonds is 3. The second-order valence-electron chi connectivity index (χ2n) is 4.19. The molecular formula is C14H10FN3O3S. The van der Waals surface area contributed by atoms with Crippen molar-refractivity contribution in [1.29, 1.82) is 0 Å². The molecule has 2 rings (SSSR count). The number of benzene rings is 2. The molecule has 1 amide bonds.